The molecule has 2 unspecified atom stereocenters. The summed E-state index contributed by atoms with van der Waals surface area (Å²) in [5, 5.41) is 3.04. The van der Waals surface area contributed by atoms with Crippen LogP contribution in [0.15, 0.2) is 30.3 Å². The Kier molecular flexibility index (Phi) is 8.26. The second kappa shape index (κ2) is 10.5. The standard InChI is InChI=1S/C20H33N3O/c1-17(19(21)18-11-5-2-6-12-18)20(24)22-13-7-3-8-14-23-15-9-4-10-16-23/h2,5-6,11-12,17,19H,3-4,7-10,13-16,21H2,1H3,(H,22,24). The molecule has 1 aliphatic heterocycles. The number of carbonyl (C=O) groups excluding carboxylic acids is 1. The van der Waals surface area contributed by atoms with Gasteiger partial charge in [0.15, 0.2) is 0 Å². The molecule has 0 aliphatic carbocycles. The summed E-state index contributed by atoms with van der Waals surface area (Å²) < 4.78 is 0. The first-order chi connectivity index (χ1) is 11.7. The van der Waals surface area contributed by atoms with E-state index in [1.165, 1.54) is 51.7 Å². The van der Waals surface area contributed by atoms with Gasteiger partial charge in [0.2, 0.25) is 5.91 Å². The van der Waals surface area contributed by atoms with Crippen molar-refractivity contribution in [3.8, 4) is 0 Å². The third-order valence-corrected chi connectivity index (χ3v) is 5.04. The lowest BCUT2D eigenvalue weighted by Gasteiger charge is -2.26. The quantitative estimate of drug-likeness (QED) is 0.684. The Balaban J connectivity index is 1.57. The van der Waals surface area contributed by atoms with E-state index in [1.807, 2.05) is 37.3 Å². The number of likely N-dealkylation sites (tertiary alicyclic amines) is 1. The highest BCUT2D eigenvalue weighted by Gasteiger charge is 2.21. The summed E-state index contributed by atoms with van der Waals surface area (Å²) in [4.78, 5) is 14.8. The second-order valence-corrected chi connectivity index (χ2v) is 6.98. The van der Waals surface area contributed by atoms with Gasteiger partial charge < -0.3 is 16.0 Å². The zero-order valence-electron chi connectivity index (χ0n) is 15.0. The number of piperidine rings is 1. The number of benzene rings is 1. The fourth-order valence-corrected chi connectivity index (χ4v) is 3.32. The van der Waals surface area contributed by atoms with Crippen molar-refractivity contribution in [3.63, 3.8) is 0 Å². The van der Waals surface area contributed by atoms with Crippen LogP contribution < -0.4 is 11.1 Å². The Hall–Kier alpha value is -1.39. The summed E-state index contributed by atoms with van der Waals surface area (Å²) in [7, 11) is 0. The van der Waals surface area contributed by atoms with Crippen LogP contribution in [0.5, 0.6) is 0 Å². The molecular weight excluding hydrogens is 298 g/mol. The molecule has 0 spiro atoms. The first kappa shape index (κ1) is 18.9. The summed E-state index contributed by atoms with van der Waals surface area (Å²) in [6.45, 7) is 6.41. The molecule has 4 heteroatoms. The highest BCUT2D eigenvalue weighted by Crippen LogP contribution is 2.19. The van der Waals surface area contributed by atoms with Crippen LogP contribution in [-0.2, 0) is 4.79 Å². The van der Waals surface area contributed by atoms with E-state index in [4.69, 9.17) is 5.73 Å². The van der Waals surface area contributed by atoms with E-state index in [9.17, 15) is 4.79 Å². The largest absolute Gasteiger partial charge is 0.356 e. The molecule has 1 aliphatic rings. The highest BCUT2D eigenvalue weighted by molar-refractivity contribution is 5.79. The molecule has 0 bridgehead atoms. The molecule has 1 aromatic carbocycles. The molecule has 4 nitrogen and oxygen atoms in total. The van der Waals surface area contributed by atoms with Gasteiger partial charge >= 0.3 is 0 Å². The van der Waals surface area contributed by atoms with Gasteiger partial charge in [0.1, 0.15) is 0 Å². The van der Waals surface area contributed by atoms with Crippen LogP contribution in [0, 0.1) is 5.92 Å². The minimum absolute atomic E-state index is 0.0578. The number of amides is 1. The van der Waals surface area contributed by atoms with Gasteiger partial charge in [0, 0.05) is 12.6 Å². The van der Waals surface area contributed by atoms with E-state index >= 15 is 0 Å². The third kappa shape index (κ3) is 6.25. The molecule has 1 heterocycles. The van der Waals surface area contributed by atoms with Gasteiger partial charge in [0.25, 0.3) is 0 Å². The van der Waals surface area contributed by atoms with Crippen LogP contribution in [-0.4, -0.2) is 37.0 Å². The van der Waals surface area contributed by atoms with Crippen molar-refractivity contribution in [2.24, 2.45) is 11.7 Å². The van der Waals surface area contributed by atoms with Gasteiger partial charge in [-0.05, 0) is 50.9 Å². The fraction of sp³-hybridized carbons (Fsp3) is 0.650. The molecule has 134 valence electrons. The minimum Gasteiger partial charge on any atom is -0.356 e. The first-order valence-corrected chi connectivity index (χ1v) is 9.49. The lowest BCUT2D eigenvalue weighted by molar-refractivity contribution is -0.125. The van der Waals surface area contributed by atoms with Gasteiger partial charge in [-0.25, -0.2) is 0 Å². The van der Waals surface area contributed by atoms with Gasteiger partial charge in [-0.1, -0.05) is 50.1 Å². The Labute approximate surface area is 146 Å². The Morgan fingerprint density at radius 1 is 1.12 bits per heavy atom. The third-order valence-electron chi connectivity index (χ3n) is 5.04. The van der Waals surface area contributed by atoms with Crippen molar-refractivity contribution in [1.29, 1.82) is 0 Å². The predicted octanol–water partition coefficient (Wildman–Crippen LogP) is 3.09. The predicted molar refractivity (Wildman–Crippen MR) is 99.7 cm³/mol. The Morgan fingerprint density at radius 2 is 1.83 bits per heavy atom. The first-order valence-electron chi connectivity index (χ1n) is 9.49. The molecule has 1 saturated heterocycles. The molecule has 1 amide bonds. The number of nitrogens with zero attached hydrogens (tertiary/aromatic N) is 1. The average molecular weight is 332 g/mol. The number of hydrogen-bond acceptors (Lipinski definition) is 3. The van der Waals surface area contributed by atoms with E-state index in [1.54, 1.807) is 0 Å². The highest BCUT2D eigenvalue weighted by atomic mass is 16.1. The van der Waals surface area contributed by atoms with Crippen LogP contribution in [0.3, 0.4) is 0 Å². The summed E-state index contributed by atoms with van der Waals surface area (Å²) in [6, 6.07) is 9.60. The number of rotatable bonds is 9. The summed E-state index contributed by atoms with van der Waals surface area (Å²) in [5.74, 6) is -0.150. The number of nitrogens with two attached hydrogens (primary N) is 1. The molecule has 0 saturated carbocycles. The zero-order valence-corrected chi connectivity index (χ0v) is 15.0. The van der Waals surface area contributed by atoms with Gasteiger partial charge in [0.05, 0.1) is 5.92 Å². The summed E-state index contributed by atoms with van der Waals surface area (Å²) in [5.41, 5.74) is 7.22. The van der Waals surface area contributed by atoms with Gasteiger partial charge in [-0.3, -0.25) is 4.79 Å². The monoisotopic (exact) mass is 331 g/mol. The molecule has 2 atom stereocenters. The fourth-order valence-electron chi connectivity index (χ4n) is 3.32. The summed E-state index contributed by atoms with van der Waals surface area (Å²) in [6.07, 6.45) is 7.56. The van der Waals surface area contributed by atoms with Crippen LogP contribution >= 0.6 is 0 Å². The van der Waals surface area contributed by atoms with Gasteiger partial charge in [-0.2, -0.15) is 0 Å². The average Bonchev–Trinajstić information content (AvgIpc) is 2.64. The van der Waals surface area contributed by atoms with Crippen LogP contribution in [0.1, 0.15) is 57.1 Å². The number of carbonyl (C=O) groups is 1. The van der Waals surface area contributed by atoms with Crippen LogP contribution in [0.25, 0.3) is 0 Å². The Bertz CT molecular complexity index is 471. The van der Waals surface area contributed by atoms with Crippen molar-refractivity contribution in [2.75, 3.05) is 26.2 Å². The van der Waals surface area contributed by atoms with Crippen molar-refractivity contribution >= 4 is 5.91 Å². The normalized spacial score (nSPS) is 18.1. The zero-order chi connectivity index (χ0) is 17.2. The second-order valence-electron chi connectivity index (χ2n) is 6.98. The van der Waals surface area contributed by atoms with Crippen LogP contribution in [0.2, 0.25) is 0 Å². The SMILES string of the molecule is CC(C(=O)NCCCCCN1CCCCC1)C(N)c1ccccc1. The van der Waals surface area contributed by atoms with Crippen molar-refractivity contribution in [1.82, 2.24) is 10.2 Å². The van der Waals surface area contributed by atoms with E-state index < -0.39 is 0 Å². The molecule has 2 rings (SSSR count). The lowest BCUT2D eigenvalue weighted by Crippen LogP contribution is -2.36. The molecule has 1 fully saturated rings. The van der Waals surface area contributed by atoms with E-state index in [0.29, 0.717) is 0 Å². The van der Waals surface area contributed by atoms with Crippen molar-refractivity contribution < 1.29 is 4.79 Å². The number of hydrogen-bond donors (Lipinski definition) is 2. The molecule has 0 radical (unpaired) electrons. The summed E-state index contributed by atoms with van der Waals surface area (Å²) >= 11 is 0. The maximum atomic E-state index is 12.2. The van der Waals surface area contributed by atoms with Crippen molar-refractivity contribution in [2.45, 2.75) is 51.5 Å². The smallest absolute Gasteiger partial charge is 0.224 e. The van der Waals surface area contributed by atoms with Crippen LogP contribution in [0.4, 0.5) is 0 Å². The number of nitrogens with one attached hydrogen (secondary N) is 1. The minimum atomic E-state index is -0.245. The molecule has 0 aromatic heterocycles. The molecule has 3 N–H and O–H groups in total. The maximum Gasteiger partial charge on any atom is 0.224 e. The number of unbranched alkanes of at least 4 members (excludes halogenated alkanes) is 2. The van der Waals surface area contributed by atoms with E-state index in [2.05, 4.69) is 10.2 Å². The maximum absolute atomic E-state index is 12.2. The molecule has 24 heavy (non-hydrogen) atoms. The Morgan fingerprint density at radius 3 is 2.54 bits per heavy atom. The van der Waals surface area contributed by atoms with Gasteiger partial charge in [-0.15, -0.1) is 0 Å². The topological polar surface area (TPSA) is 58.4 Å². The molecule has 1 aromatic rings. The molecular formula is C20H33N3O. The van der Waals surface area contributed by atoms with E-state index in [-0.39, 0.29) is 17.9 Å². The van der Waals surface area contributed by atoms with Crippen molar-refractivity contribution in [3.05, 3.63) is 35.9 Å². The van der Waals surface area contributed by atoms with E-state index in [0.717, 1.165) is 18.5 Å². The lowest BCUT2D eigenvalue weighted by atomic mass is 9.94.